The maximum absolute atomic E-state index is 12.0. The first-order valence-electron chi connectivity index (χ1n) is 7.15. The molecule has 0 aliphatic carbocycles. The fourth-order valence-corrected chi connectivity index (χ4v) is 2.22. The fourth-order valence-electron chi connectivity index (χ4n) is 2.22. The van der Waals surface area contributed by atoms with Crippen molar-refractivity contribution in [2.45, 2.75) is 26.3 Å². The predicted molar refractivity (Wildman–Crippen MR) is 83.9 cm³/mol. The molecule has 21 heavy (non-hydrogen) atoms. The molecule has 0 radical (unpaired) electrons. The lowest BCUT2D eigenvalue weighted by molar-refractivity contribution is -0.128. The molecular formula is C17H20N2O2. The summed E-state index contributed by atoms with van der Waals surface area (Å²) in [7, 11) is 0. The molecule has 0 saturated carbocycles. The zero-order chi connectivity index (χ0) is 15.2. The van der Waals surface area contributed by atoms with Gasteiger partial charge in [0.2, 0.25) is 11.8 Å². The average molecular weight is 284 g/mol. The van der Waals surface area contributed by atoms with Crippen LogP contribution in [0, 0.1) is 0 Å². The number of carbonyl (C=O) groups excluding carboxylic acids is 2. The van der Waals surface area contributed by atoms with Gasteiger partial charge in [0.25, 0.3) is 0 Å². The highest BCUT2D eigenvalue weighted by Gasteiger charge is 2.14. The molecule has 4 heteroatoms. The van der Waals surface area contributed by atoms with Crippen molar-refractivity contribution in [2.24, 2.45) is 0 Å². The number of hydrogen-bond acceptors (Lipinski definition) is 2. The topological polar surface area (TPSA) is 58.2 Å². The van der Waals surface area contributed by atoms with E-state index in [1.807, 2.05) is 49.4 Å². The van der Waals surface area contributed by atoms with Crippen molar-refractivity contribution in [2.75, 3.05) is 6.54 Å². The highest BCUT2D eigenvalue weighted by molar-refractivity contribution is 5.89. The Morgan fingerprint density at radius 2 is 1.81 bits per heavy atom. The summed E-state index contributed by atoms with van der Waals surface area (Å²) < 4.78 is 0. The van der Waals surface area contributed by atoms with Gasteiger partial charge >= 0.3 is 0 Å². The molecule has 2 aromatic carbocycles. The predicted octanol–water partition coefficient (Wildman–Crippen LogP) is 2.02. The van der Waals surface area contributed by atoms with E-state index in [1.54, 1.807) is 6.92 Å². The Morgan fingerprint density at radius 3 is 2.52 bits per heavy atom. The van der Waals surface area contributed by atoms with Crippen LogP contribution in [0.4, 0.5) is 0 Å². The van der Waals surface area contributed by atoms with Crippen LogP contribution in [0.5, 0.6) is 0 Å². The molecule has 0 aliphatic heterocycles. The number of rotatable bonds is 5. The Morgan fingerprint density at radius 1 is 1.10 bits per heavy atom. The van der Waals surface area contributed by atoms with Gasteiger partial charge in [-0.3, -0.25) is 9.59 Å². The molecule has 0 heterocycles. The summed E-state index contributed by atoms with van der Waals surface area (Å²) in [6.07, 6.45) is 0.272. The molecule has 2 amide bonds. The molecule has 0 saturated heterocycles. The molecule has 0 aromatic heterocycles. The summed E-state index contributed by atoms with van der Waals surface area (Å²) in [5.74, 6) is -0.312. The second-order valence-corrected chi connectivity index (χ2v) is 5.04. The Balaban J connectivity index is 1.99. The largest absolute Gasteiger partial charge is 0.355 e. The standard InChI is InChI=1S/C17H20N2O2/c1-3-18-17(21)12(2)19-16(20)11-13-8-9-14-6-4-5-7-15(14)10-13/h4-10,12H,3,11H2,1-2H3,(H,18,21)(H,19,20)/t12-/m1/s1. The monoisotopic (exact) mass is 284 g/mol. The summed E-state index contributed by atoms with van der Waals surface area (Å²) in [5, 5.41) is 7.66. The summed E-state index contributed by atoms with van der Waals surface area (Å²) in [6.45, 7) is 4.09. The second-order valence-electron chi connectivity index (χ2n) is 5.04. The zero-order valence-electron chi connectivity index (χ0n) is 12.3. The van der Waals surface area contributed by atoms with Crippen molar-refractivity contribution in [3.8, 4) is 0 Å². The number of benzene rings is 2. The summed E-state index contributed by atoms with van der Waals surface area (Å²) in [6, 6.07) is 13.5. The quantitative estimate of drug-likeness (QED) is 0.882. The number of carbonyl (C=O) groups is 2. The van der Waals surface area contributed by atoms with Crippen LogP contribution in [0.25, 0.3) is 10.8 Å². The van der Waals surface area contributed by atoms with Crippen molar-refractivity contribution in [3.05, 3.63) is 48.0 Å². The van der Waals surface area contributed by atoms with Crippen LogP contribution in [0.15, 0.2) is 42.5 Å². The van der Waals surface area contributed by atoms with E-state index in [1.165, 1.54) is 0 Å². The Hall–Kier alpha value is -2.36. The smallest absolute Gasteiger partial charge is 0.242 e. The molecule has 2 rings (SSSR count). The summed E-state index contributed by atoms with van der Waals surface area (Å²) in [4.78, 5) is 23.6. The van der Waals surface area contributed by atoms with Gasteiger partial charge in [0, 0.05) is 6.54 Å². The molecule has 4 nitrogen and oxygen atoms in total. The van der Waals surface area contributed by atoms with E-state index in [-0.39, 0.29) is 18.2 Å². The normalized spacial score (nSPS) is 11.9. The minimum absolute atomic E-state index is 0.149. The molecule has 0 aliphatic rings. The van der Waals surface area contributed by atoms with E-state index in [0.29, 0.717) is 6.54 Å². The van der Waals surface area contributed by atoms with Gasteiger partial charge in [-0.25, -0.2) is 0 Å². The van der Waals surface area contributed by atoms with Crippen LogP contribution in [0.1, 0.15) is 19.4 Å². The molecule has 0 spiro atoms. The molecule has 110 valence electrons. The number of likely N-dealkylation sites (N-methyl/N-ethyl adjacent to an activating group) is 1. The fraction of sp³-hybridized carbons (Fsp3) is 0.294. The molecule has 0 fully saturated rings. The van der Waals surface area contributed by atoms with E-state index in [9.17, 15) is 9.59 Å². The van der Waals surface area contributed by atoms with Crippen LogP contribution in [-0.4, -0.2) is 24.4 Å². The first-order chi connectivity index (χ1) is 10.1. The minimum atomic E-state index is -0.516. The van der Waals surface area contributed by atoms with Crippen molar-refractivity contribution in [1.82, 2.24) is 10.6 Å². The maximum atomic E-state index is 12.0. The Kier molecular flexibility index (Phi) is 4.93. The van der Waals surface area contributed by atoms with Gasteiger partial charge in [-0.15, -0.1) is 0 Å². The average Bonchev–Trinajstić information content (AvgIpc) is 2.47. The lowest BCUT2D eigenvalue weighted by Crippen LogP contribution is -2.45. The molecular weight excluding hydrogens is 264 g/mol. The van der Waals surface area contributed by atoms with E-state index < -0.39 is 6.04 Å². The minimum Gasteiger partial charge on any atom is -0.355 e. The SMILES string of the molecule is CCNC(=O)[C@@H](C)NC(=O)Cc1ccc2ccccc2c1. The van der Waals surface area contributed by atoms with Crippen LogP contribution in [-0.2, 0) is 16.0 Å². The van der Waals surface area contributed by atoms with Crippen LogP contribution in [0.3, 0.4) is 0 Å². The van der Waals surface area contributed by atoms with Gasteiger partial charge in [-0.05, 0) is 30.2 Å². The van der Waals surface area contributed by atoms with Crippen LogP contribution < -0.4 is 10.6 Å². The highest BCUT2D eigenvalue weighted by Crippen LogP contribution is 2.15. The number of fused-ring (bicyclic) bond motifs is 1. The van der Waals surface area contributed by atoms with Gasteiger partial charge in [-0.2, -0.15) is 0 Å². The second kappa shape index (κ2) is 6.88. The first-order valence-corrected chi connectivity index (χ1v) is 7.15. The summed E-state index contributed by atoms with van der Waals surface area (Å²) >= 11 is 0. The van der Waals surface area contributed by atoms with Crippen molar-refractivity contribution in [1.29, 1.82) is 0 Å². The third-order valence-corrected chi connectivity index (χ3v) is 3.30. The Bertz CT molecular complexity index is 652. The van der Waals surface area contributed by atoms with Gasteiger partial charge in [0.05, 0.1) is 6.42 Å². The molecule has 2 aromatic rings. The lowest BCUT2D eigenvalue weighted by Gasteiger charge is -2.13. The lowest BCUT2D eigenvalue weighted by atomic mass is 10.0. The third-order valence-electron chi connectivity index (χ3n) is 3.30. The number of nitrogens with one attached hydrogen (secondary N) is 2. The molecule has 0 bridgehead atoms. The molecule has 1 atom stereocenters. The number of amides is 2. The summed E-state index contributed by atoms with van der Waals surface area (Å²) in [5.41, 5.74) is 0.939. The van der Waals surface area contributed by atoms with Crippen molar-refractivity contribution >= 4 is 22.6 Å². The van der Waals surface area contributed by atoms with Crippen molar-refractivity contribution < 1.29 is 9.59 Å². The van der Waals surface area contributed by atoms with Crippen molar-refractivity contribution in [3.63, 3.8) is 0 Å². The molecule has 0 unspecified atom stereocenters. The highest BCUT2D eigenvalue weighted by atomic mass is 16.2. The van der Waals surface area contributed by atoms with E-state index in [2.05, 4.69) is 10.6 Å². The third kappa shape index (κ3) is 4.05. The van der Waals surface area contributed by atoms with E-state index in [4.69, 9.17) is 0 Å². The van der Waals surface area contributed by atoms with Gasteiger partial charge in [0.1, 0.15) is 6.04 Å². The first kappa shape index (κ1) is 15.0. The zero-order valence-corrected chi connectivity index (χ0v) is 12.3. The van der Waals surface area contributed by atoms with E-state index >= 15 is 0 Å². The Labute approximate surface area is 124 Å². The van der Waals surface area contributed by atoms with Gasteiger partial charge < -0.3 is 10.6 Å². The van der Waals surface area contributed by atoms with Crippen LogP contribution >= 0.6 is 0 Å². The maximum Gasteiger partial charge on any atom is 0.242 e. The van der Waals surface area contributed by atoms with Gasteiger partial charge in [-0.1, -0.05) is 42.5 Å². The van der Waals surface area contributed by atoms with E-state index in [0.717, 1.165) is 16.3 Å². The van der Waals surface area contributed by atoms with Gasteiger partial charge in [0.15, 0.2) is 0 Å². The molecule has 2 N–H and O–H groups in total. The van der Waals surface area contributed by atoms with Crippen LogP contribution in [0.2, 0.25) is 0 Å². The number of hydrogen-bond donors (Lipinski definition) is 2.